The second kappa shape index (κ2) is 9.29. The molecule has 0 fully saturated rings. The second-order valence-corrected chi connectivity index (χ2v) is 6.94. The number of fused-ring (bicyclic) bond motifs is 1. The van der Waals surface area contributed by atoms with E-state index in [0.29, 0.717) is 28.6 Å². The van der Waals surface area contributed by atoms with Gasteiger partial charge in [-0.15, -0.1) is 6.58 Å². The van der Waals surface area contributed by atoms with E-state index in [1.54, 1.807) is 51.7 Å². The van der Waals surface area contributed by atoms with E-state index in [4.69, 9.17) is 18.9 Å². The summed E-state index contributed by atoms with van der Waals surface area (Å²) < 4.78 is 24.2. The van der Waals surface area contributed by atoms with Gasteiger partial charge in [-0.05, 0) is 24.3 Å². The predicted octanol–water partition coefficient (Wildman–Crippen LogP) is 3.42. The first-order valence-corrected chi connectivity index (χ1v) is 9.62. The predicted molar refractivity (Wildman–Crippen MR) is 112 cm³/mol. The highest BCUT2D eigenvalue weighted by atomic mass is 32.1. The molecule has 0 N–H and O–H groups in total. The van der Waals surface area contributed by atoms with Crippen molar-refractivity contribution in [3.8, 4) is 23.0 Å². The molecule has 0 bridgehead atoms. The van der Waals surface area contributed by atoms with Gasteiger partial charge in [0, 0.05) is 18.7 Å². The Labute approximate surface area is 172 Å². The lowest BCUT2D eigenvalue weighted by atomic mass is 10.3. The number of ether oxygens (including phenoxy) is 4. The normalized spacial score (nSPS) is 11.3. The van der Waals surface area contributed by atoms with Crippen LogP contribution in [0.5, 0.6) is 23.0 Å². The number of rotatable bonds is 8. The molecule has 0 saturated heterocycles. The van der Waals surface area contributed by atoms with Crippen molar-refractivity contribution in [2.75, 3.05) is 27.9 Å². The van der Waals surface area contributed by atoms with Crippen LogP contribution < -0.4 is 23.7 Å². The number of amides is 1. The molecule has 29 heavy (non-hydrogen) atoms. The summed E-state index contributed by atoms with van der Waals surface area (Å²) in [5, 5.41) is 0. The third kappa shape index (κ3) is 4.60. The van der Waals surface area contributed by atoms with Crippen molar-refractivity contribution in [1.29, 1.82) is 0 Å². The molecule has 3 aromatic rings. The number of thiazole rings is 1. The van der Waals surface area contributed by atoms with Crippen LogP contribution in [0.3, 0.4) is 0 Å². The molecule has 8 heteroatoms. The first kappa shape index (κ1) is 20.5. The highest BCUT2D eigenvalue weighted by molar-refractivity contribution is 7.16. The fourth-order valence-electron chi connectivity index (χ4n) is 2.74. The average molecular weight is 414 g/mol. The van der Waals surface area contributed by atoms with Crippen molar-refractivity contribution in [1.82, 2.24) is 4.57 Å². The van der Waals surface area contributed by atoms with E-state index in [1.165, 1.54) is 11.3 Å². The van der Waals surface area contributed by atoms with E-state index >= 15 is 0 Å². The highest BCUT2D eigenvalue weighted by Gasteiger charge is 2.13. The molecular weight excluding hydrogens is 392 g/mol. The lowest BCUT2D eigenvalue weighted by Crippen LogP contribution is -2.19. The van der Waals surface area contributed by atoms with Crippen LogP contribution in [0.25, 0.3) is 10.2 Å². The van der Waals surface area contributed by atoms with Crippen molar-refractivity contribution < 1.29 is 23.7 Å². The van der Waals surface area contributed by atoms with E-state index in [-0.39, 0.29) is 12.5 Å². The van der Waals surface area contributed by atoms with Gasteiger partial charge in [0.05, 0.1) is 31.5 Å². The Hall–Kier alpha value is -3.26. The summed E-state index contributed by atoms with van der Waals surface area (Å²) >= 11 is 1.39. The van der Waals surface area contributed by atoms with Gasteiger partial charge in [-0.2, -0.15) is 4.99 Å². The van der Waals surface area contributed by atoms with E-state index in [9.17, 15) is 4.79 Å². The van der Waals surface area contributed by atoms with Crippen LogP contribution in [0.1, 0.15) is 0 Å². The minimum Gasteiger partial charge on any atom is -0.497 e. The summed E-state index contributed by atoms with van der Waals surface area (Å²) in [5.41, 5.74) is 0.884. The quantitative estimate of drug-likeness (QED) is 0.528. The zero-order valence-corrected chi connectivity index (χ0v) is 17.3. The molecule has 3 rings (SSSR count). The van der Waals surface area contributed by atoms with Crippen molar-refractivity contribution in [2.45, 2.75) is 6.54 Å². The van der Waals surface area contributed by atoms with Crippen LogP contribution in [0.15, 0.2) is 54.0 Å². The lowest BCUT2D eigenvalue weighted by molar-refractivity contribution is -0.120. The van der Waals surface area contributed by atoms with Crippen LogP contribution in [-0.4, -0.2) is 38.4 Å². The fraction of sp³-hybridized carbons (Fsp3) is 0.238. The molecule has 1 amide bonds. The third-order valence-electron chi connectivity index (χ3n) is 4.14. The Balaban J connectivity index is 1.89. The number of hydrogen-bond acceptors (Lipinski definition) is 6. The summed E-state index contributed by atoms with van der Waals surface area (Å²) in [5.74, 6) is 2.13. The molecule has 0 radical (unpaired) electrons. The van der Waals surface area contributed by atoms with Gasteiger partial charge in [0.2, 0.25) is 0 Å². The molecule has 2 aromatic carbocycles. The number of hydrogen-bond donors (Lipinski definition) is 0. The minimum absolute atomic E-state index is 0.165. The average Bonchev–Trinajstić information content (AvgIpc) is 3.07. The molecule has 1 aromatic heterocycles. The Bertz CT molecular complexity index is 1080. The standard InChI is InChI=1S/C21H22N2O5S/c1-5-10-23-16-11-17(26-3)18(27-4)12-19(16)29-21(23)22-20(24)13-28-15-8-6-14(25-2)7-9-15/h5-9,11-12H,1,10,13H2,2-4H3. The van der Waals surface area contributed by atoms with Gasteiger partial charge in [-0.25, -0.2) is 0 Å². The topological polar surface area (TPSA) is 71.3 Å². The smallest absolute Gasteiger partial charge is 0.286 e. The summed E-state index contributed by atoms with van der Waals surface area (Å²) in [6, 6.07) is 10.7. The molecule has 1 heterocycles. The number of carbonyl (C=O) groups is 1. The maximum absolute atomic E-state index is 12.4. The molecule has 152 valence electrons. The summed E-state index contributed by atoms with van der Waals surface area (Å²) in [6.45, 7) is 4.13. The molecule has 0 unspecified atom stereocenters. The van der Waals surface area contributed by atoms with E-state index < -0.39 is 0 Å². The summed E-state index contributed by atoms with van der Waals surface area (Å²) in [4.78, 5) is 17.2. The number of allylic oxidation sites excluding steroid dienone is 1. The van der Waals surface area contributed by atoms with Crippen LogP contribution in [0.2, 0.25) is 0 Å². The van der Waals surface area contributed by atoms with Gasteiger partial charge in [0.25, 0.3) is 5.91 Å². The number of benzene rings is 2. The molecule has 0 saturated carbocycles. The maximum Gasteiger partial charge on any atom is 0.286 e. The zero-order chi connectivity index (χ0) is 20.8. The lowest BCUT2D eigenvalue weighted by Gasteiger charge is -2.08. The van der Waals surface area contributed by atoms with Crippen molar-refractivity contribution in [3.05, 3.63) is 53.9 Å². The van der Waals surface area contributed by atoms with Crippen LogP contribution in [0.4, 0.5) is 0 Å². The monoisotopic (exact) mass is 414 g/mol. The fourth-order valence-corrected chi connectivity index (χ4v) is 3.81. The molecule has 0 aliphatic rings. The van der Waals surface area contributed by atoms with E-state index in [1.807, 2.05) is 16.7 Å². The third-order valence-corrected chi connectivity index (χ3v) is 5.18. The summed E-state index contributed by atoms with van der Waals surface area (Å²) in [7, 11) is 4.76. The van der Waals surface area contributed by atoms with Gasteiger partial charge < -0.3 is 23.5 Å². The minimum atomic E-state index is -0.385. The van der Waals surface area contributed by atoms with Crippen molar-refractivity contribution in [3.63, 3.8) is 0 Å². The number of nitrogens with zero attached hydrogens (tertiary/aromatic N) is 2. The molecule has 7 nitrogen and oxygen atoms in total. The Morgan fingerprint density at radius 1 is 1.07 bits per heavy atom. The van der Waals surface area contributed by atoms with E-state index in [2.05, 4.69) is 11.6 Å². The maximum atomic E-state index is 12.4. The molecule has 0 aliphatic heterocycles. The molecule has 0 atom stereocenters. The van der Waals surface area contributed by atoms with Gasteiger partial charge in [-0.1, -0.05) is 17.4 Å². The van der Waals surface area contributed by atoms with Gasteiger partial charge in [0.15, 0.2) is 22.9 Å². The number of aromatic nitrogens is 1. The first-order chi connectivity index (χ1) is 14.1. The molecule has 0 spiro atoms. The number of carbonyl (C=O) groups excluding carboxylic acids is 1. The first-order valence-electron chi connectivity index (χ1n) is 8.80. The van der Waals surface area contributed by atoms with Crippen molar-refractivity contribution in [2.24, 2.45) is 4.99 Å². The SMILES string of the molecule is C=CCn1c(=NC(=O)COc2ccc(OC)cc2)sc2cc(OC)c(OC)cc21. The largest absolute Gasteiger partial charge is 0.497 e. The summed E-state index contributed by atoms with van der Waals surface area (Å²) in [6.07, 6.45) is 1.75. The zero-order valence-electron chi connectivity index (χ0n) is 16.5. The molecular formula is C21H22N2O5S. The van der Waals surface area contributed by atoms with E-state index in [0.717, 1.165) is 16.0 Å². The highest BCUT2D eigenvalue weighted by Crippen LogP contribution is 2.33. The Morgan fingerprint density at radius 3 is 2.34 bits per heavy atom. The van der Waals surface area contributed by atoms with Crippen molar-refractivity contribution >= 4 is 27.5 Å². The van der Waals surface area contributed by atoms with Gasteiger partial charge in [-0.3, -0.25) is 4.79 Å². The van der Waals surface area contributed by atoms with Crippen LogP contribution in [0, 0.1) is 0 Å². The van der Waals surface area contributed by atoms with Gasteiger partial charge in [0.1, 0.15) is 11.5 Å². The Kier molecular flexibility index (Phi) is 6.56. The van der Waals surface area contributed by atoms with Crippen LogP contribution in [-0.2, 0) is 11.3 Å². The second-order valence-electron chi connectivity index (χ2n) is 5.93. The number of methoxy groups -OCH3 is 3. The van der Waals surface area contributed by atoms with Gasteiger partial charge >= 0.3 is 0 Å². The molecule has 0 aliphatic carbocycles. The Morgan fingerprint density at radius 2 is 1.72 bits per heavy atom. The van der Waals surface area contributed by atoms with Crippen LogP contribution >= 0.6 is 11.3 Å².